The molecule has 308 valence electrons. The van der Waals surface area contributed by atoms with Crippen molar-refractivity contribution in [3.63, 3.8) is 0 Å². The van der Waals surface area contributed by atoms with E-state index in [1.54, 1.807) is 26.8 Å². The van der Waals surface area contributed by atoms with Crippen molar-refractivity contribution in [3.05, 3.63) is 24.2 Å². The van der Waals surface area contributed by atoms with Gasteiger partial charge in [0.05, 0.1) is 39.1 Å². The van der Waals surface area contributed by atoms with Crippen molar-refractivity contribution >= 4 is 35.8 Å². The zero-order valence-corrected chi connectivity index (χ0v) is 33.8. The van der Waals surface area contributed by atoms with Crippen LogP contribution in [0.3, 0.4) is 0 Å². The number of furan rings is 1. The van der Waals surface area contributed by atoms with Crippen molar-refractivity contribution in [2.24, 2.45) is 34.0 Å². The van der Waals surface area contributed by atoms with E-state index in [-0.39, 0.29) is 25.7 Å². The predicted molar refractivity (Wildman–Crippen MR) is 186 cm³/mol. The van der Waals surface area contributed by atoms with Crippen LogP contribution < -0.4 is 0 Å². The van der Waals surface area contributed by atoms with E-state index in [1.807, 2.05) is 20.8 Å². The summed E-state index contributed by atoms with van der Waals surface area (Å²) in [7, 11) is 2.50. The van der Waals surface area contributed by atoms with Crippen molar-refractivity contribution < 1.29 is 75.8 Å². The molecule has 0 radical (unpaired) electrons. The first kappa shape index (κ1) is 40.2. The second kappa shape index (κ2) is 12.5. The van der Waals surface area contributed by atoms with E-state index in [2.05, 4.69) is 0 Å². The first-order valence-corrected chi connectivity index (χ1v) is 19.1. The van der Waals surface area contributed by atoms with Crippen molar-refractivity contribution in [3.8, 4) is 0 Å². The molecule has 0 N–H and O–H groups in total. The Labute approximate surface area is 324 Å². The quantitative estimate of drug-likeness (QED) is 0.228. The number of hydrogen-bond acceptors (Lipinski definition) is 16. The molecule has 1 aromatic rings. The first-order chi connectivity index (χ1) is 26.0. The largest absolute Gasteiger partial charge is 0.472 e. The molecule has 13 unspecified atom stereocenters. The molecular weight excluding hydrogens is 736 g/mol. The maximum absolute atomic E-state index is 14.3. The molecule has 0 aromatic carbocycles. The number of carbonyl (C=O) groups is 6. The van der Waals surface area contributed by atoms with Gasteiger partial charge < -0.3 is 47.0 Å². The normalized spacial score (nSPS) is 44.1. The third-order valence-electron chi connectivity index (χ3n) is 14.5. The Morgan fingerprint density at radius 3 is 1.95 bits per heavy atom. The summed E-state index contributed by atoms with van der Waals surface area (Å²) in [6, 6.07) is 1.65. The van der Waals surface area contributed by atoms with Gasteiger partial charge in [0, 0.05) is 61.8 Å². The number of esters is 6. The second-order valence-corrected chi connectivity index (χ2v) is 17.6. The van der Waals surface area contributed by atoms with Crippen LogP contribution in [0, 0.1) is 34.0 Å². The van der Waals surface area contributed by atoms with Crippen LogP contribution in [0.4, 0.5) is 0 Å². The van der Waals surface area contributed by atoms with Gasteiger partial charge in [0.2, 0.25) is 5.60 Å². The Bertz CT molecular complexity index is 1860. The molecule has 13 atom stereocenters. The minimum absolute atomic E-state index is 0.0449. The number of hydrogen-bond donors (Lipinski definition) is 0. The van der Waals surface area contributed by atoms with Crippen LogP contribution in [0.1, 0.15) is 106 Å². The predicted octanol–water partition coefficient (Wildman–Crippen LogP) is 4.25. The maximum Gasteiger partial charge on any atom is 0.308 e. The van der Waals surface area contributed by atoms with Gasteiger partial charge in [-0.3, -0.25) is 28.8 Å². The van der Waals surface area contributed by atoms with Gasteiger partial charge in [-0.25, -0.2) is 0 Å². The lowest BCUT2D eigenvalue weighted by atomic mass is 9.33. The fraction of sp³-hybridized carbons (Fsp3) is 0.750. The molecule has 4 aliphatic carbocycles. The Hall–Kier alpha value is -4.02. The zero-order valence-electron chi connectivity index (χ0n) is 33.8. The molecule has 2 aliphatic heterocycles. The van der Waals surface area contributed by atoms with Crippen molar-refractivity contribution in [2.45, 2.75) is 141 Å². The summed E-state index contributed by atoms with van der Waals surface area (Å²) in [5, 5.41) is 0. The van der Waals surface area contributed by atoms with E-state index in [9.17, 15) is 28.8 Å². The topological polar surface area (TPSA) is 199 Å². The van der Waals surface area contributed by atoms with Gasteiger partial charge in [-0.15, -0.1) is 0 Å². The average Bonchev–Trinajstić information content (AvgIpc) is 3.81. The molecule has 2 spiro atoms. The van der Waals surface area contributed by atoms with Gasteiger partial charge in [0.1, 0.15) is 22.9 Å². The number of fused-ring (bicyclic) bond motifs is 2. The van der Waals surface area contributed by atoms with Gasteiger partial charge in [0.15, 0.2) is 12.2 Å². The smallest absolute Gasteiger partial charge is 0.308 e. The van der Waals surface area contributed by atoms with Crippen LogP contribution in [-0.2, 0) is 71.4 Å². The van der Waals surface area contributed by atoms with E-state index in [0.717, 1.165) is 0 Å². The standard InChI is InChI=1S/C40H52O16/c1-20(2)30(46)52-32-39-26(17-28(45)48-11)33(6,29(50-21(3)41)24-12-15-49-18-24)13-14-37(39)35(8)25(16-27(44)47-10)34(7)19-38(35,55-36(9,54-37)56-39)40(32,53-23(5)43)31(34)51-22(4)42/h12,15,18,20,25-26,29,31-32H,13-14,16-17,19H2,1-11H3. The maximum atomic E-state index is 14.3. The highest BCUT2D eigenvalue weighted by Crippen LogP contribution is 2.90. The van der Waals surface area contributed by atoms with Crippen LogP contribution in [0.15, 0.2) is 23.0 Å². The lowest BCUT2D eigenvalue weighted by Gasteiger charge is -2.77. The fourth-order valence-corrected chi connectivity index (χ4v) is 12.9. The van der Waals surface area contributed by atoms with Gasteiger partial charge in [-0.1, -0.05) is 34.6 Å². The lowest BCUT2D eigenvalue weighted by molar-refractivity contribution is -0.477. The third kappa shape index (κ3) is 4.63. The summed E-state index contributed by atoms with van der Waals surface area (Å²) in [5.74, 6) is -8.81. The van der Waals surface area contributed by atoms with Gasteiger partial charge in [-0.2, -0.15) is 0 Å². The van der Waals surface area contributed by atoms with E-state index in [0.29, 0.717) is 5.56 Å². The number of carbonyl (C=O) groups excluding carboxylic acids is 6. The summed E-state index contributed by atoms with van der Waals surface area (Å²) in [5.41, 5.74) is -10.9. The molecule has 2 saturated heterocycles. The van der Waals surface area contributed by atoms with Gasteiger partial charge in [-0.05, 0) is 31.2 Å². The molecular formula is C40H52O16. The van der Waals surface area contributed by atoms with Crippen molar-refractivity contribution in [1.29, 1.82) is 0 Å². The minimum atomic E-state index is -2.17. The lowest BCUT2D eigenvalue weighted by Crippen LogP contribution is -2.94. The molecule has 6 aliphatic rings. The zero-order chi connectivity index (χ0) is 41.2. The van der Waals surface area contributed by atoms with Crippen LogP contribution in [0.2, 0.25) is 0 Å². The number of methoxy groups -OCH3 is 2. The molecule has 0 amide bonds. The molecule has 16 nitrogen and oxygen atoms in total. The Balaban J connectivity index is 1.66. The highest BCUT2D eigenvalue weighted by molar-refractivity contribution is 5.76. The van der Waals surface area contributed by atoms with E-state index >= 15 is 0 Å². The average molecular weight is 789 g/mol. The van der Waals surface area contributed by atoms with Crippen LogP contribution in [-0.4, -0.2) is 90.6 Å². The van der Waals surface area contributed by atoms with Crippen molar-refractivity contribution in [2.75, 3.05) is 14.2 Å². The fourth-order valence-electron chi connectivity index (χ4n) is 12.9. The monoisotopic (exact) mass is 788 g/mol. The van der Waals surface area contributed by atoms with Gasteiger partial charge >= 0.3 is 35.8 Å². The molecule has 4 saturated carbocycles. The summed E-state index contributed by atoms with van der Waals surface area (Å²) in [6.45, 7) is 14.0. The Morgan fingerprint density at radius 1 is 0.786 bits per heavy atom. The Kier molecular flexibility index (Phi) is 8.96. The number of rotatable bonds is 11. The number of ether oxygens (including phenoxy) is 9. The first-order valence-electron chi connectivity index (χ1n) is 19.1. The van der Waals surface area contributed by atoms with Crippen molar-refractivity contribution in [1.82, 2.24) is 0 Å². The molecule has 7 rings (SSSR count). The highest BCUT2D eigenvalue weighted by atomic mass is 16.9. The second-order valence-electron chi connectivity index (χ2n) is 17.6. The van der Waals surface area contributed by atoms with E-state index < -0.39 is 123 Å². The van der Waals surface area contributed by atoms with Crippen LogP contribution in [0.25, 0.3) is 0 Å². The SMILES string of the molecule is COC(=O)CC1C(C)(C(OC(C)=O)c2ccoc2)CCC23OC4(C)OC12C(OC(=O)C(C)C)C1(OC(C)=O)C(OC(C)=O)C2(C)CC1(O4)C3(C)C2CC(=O)OC. The summed E-state index contributed by atoms with van der Waals surface area (Å²) < 4.78 is 63.5. The molecule has 1 aromatic heterocycles. The van der Waals surface area contributed by atoms with Gasteiger partial charge in [0.25, 0.3) is 5.97 Å². The van der Waals surface area contributed by atoms with E-state index in [4.69, 9.17) is 47.0 Å². The molecule has 6 fully saturated rings. The minimum Gasteiger partial charge on any atom is -0.472 e. The Morgan fingerprint density at radius 2 is 1.41 bits per heavy atom. The van der Waals surface area contributed by atoms with Crippen LogP contribution in [0.5, 0.6) is 0 Å². The highest BCUT2D eigenvalue weighted by Gasteiger charge is 3.05. The molecule has 3 heterocycles. The summed E-state index contributed by atoms with van der Waals surface area (Å²) >= 11 is 0. The summed E-state index contributed by atoms with van der Waals surface area (Å²) in [6.07, 6.45) is -1.59. The molecule has 4 bridgehead atoms. The summed E-state index contributed by atoms with van der Waals surface area (Å²) in [4.78, 5) is 81.8. The van der Waals surface area contributed by atoms with E-state index in [1.165, 1.54) is 47.5 Å². The third-order valence-corrected chi connectivity index (χ3v) is 14.5. The molecule has 16 heteroatoms. The molecule has 56 heavy (non-hydrogen) atoms. The van der Waals surface area contributed by atoms with Crippen LogP contribution >= 0.6 is 0 Å².